The molecule has 6 nitrogen and oxygen atoms in total. The molecule has 1 aliphatic rings. The Morgan fingerprint density at radius 1 is 0.935 bits per heavy atom. The average molecular weight is 425 g/mol. The SMILES string of the molecule is CN=C(NCc1ccccc1CN1CCOCC1)NCc1ccccc1OC(C)(C)C. The fraction of sp³-hybridized carbons (Fsp3) is 0.480. The Kier molecular flexibility index (Phi) is 8.32. The zero-order valence-electron chi connectivity index (χ0n) is 19.3. The first-order valence-electron chi connectivity index (χ1n) is 11.0. The van der Waals surface area contributed by atoms with Crippen LogP contribution in [0.25, 0.3) is 0 Å². The molecule has 0 spiro atoms. The number of ether oxygens (including phenoxy) is 2. The van der Waals surface area contributed by atoms with Gasteiger partial charge < -0.3 is 20.1 Å². The monoisotopic (exact) mass is 424 g/mol. The predicted octanol–water partition coefficient (Wildman–Crippen LogP) is 3.56. The largest absolute Gasteiger partial charge is 0.488 e. The van der Waals surface area contributed by atoms with E-state index >= 15 is 0 Å². The van der Waals surface area contributed by atoms with Crippen molar-refractivity contribution in [2.45, 2.75) is 46.0 Å². The molecule has 1 fully saturated rings. The molecule has 2 aromatic carbocycles. The van der Waals surface area contributed by atoms with Gasteiger partial charge in [-0.2, -0.15) is 0 Å². The van der Waals surface area contributed by atoms with Gasteiger partial charge in [-0.1, -0.05) is 42.5 Å². The van der Waals surface area contributed by atoms with E-state index in [2.05, 4.69) is 71.6 Å². The minimum Gasteiger partial charge on any atom is -0.488 e. The number of guanidine groups is 1. The molecule has 3 rings (SSSR count). The Balaban J connectivity index is 1.57. The molecule has 1 aliphatic heterocycles. The van der Waals surface area contributed by atoms with Gasteiger partial charge in [0.1, 0.15) is 11.4 Å². The van der Waals surface area contributed by atoms with Gasteiger partial charge in [-0.05, 0) is 38.0 Å². The van der Waals surface area contributed by atoms with Crippen molar-refractivity contribution in [2.24, 2.45) is 4.99 Å². The van der Waals surface area contributed by atoms with Gasteiger partial charge in [-0.25, -0.2) is 0 Å². The number of hydrogen-bond donors (Lipinski definition) is 2. The maximum Gasteiger partial charge on any atom is 0.191 e. The quantitative estimate of drug-likeness (QED) is 0.526. The van der Waals surface area contributed by atoms with Crippen LogP contribution in [0.3, 0.4) is 0 Å². The van der Waals surface area contributed by atoms with Gasteiger partial charge in [0, 0.05) is 45.3 Å². The van der Waals surface area contributed by atoms with Crippen molar-refractivity contribution in [3.8, 4) is 5.75 Å². The number of morpholine rings is 1. The topological polar surface area (TPSA) is 58.1 Å². The molecule has 0 aromatic heterocycles. The summed E-state index contributed by atoms with van der Waals surface area (Å²) in [5.41, 5.74) is 3.50. The Morgan fingerprint density at radius 3 is 2.16 bits per heavy atom. The summed E-state index contributed by atoms with van der Waals surface area (Å²) in [4.78, 5) is 6.84. The highest BCUT2D eigenvalue weighted by Gasteiger charge is 2.15. The number of aliphatic imine (C=N–C) groups is 1. The second-order valence-corrected chi connectivity index (χ2v) is 8.76. The number of nitrogens with one attached hydrogen (secondary N) is 2. The number of nitrogens with zero attached hydrogens (tertiary/aromatic N) is 2. The smallest absolute Gasteiger partial charge is 0.191 e. The second kappa shape index (κ2) is 11.2. The zero-order valence-corrected chi connectivity index (χ0v) is 19.3. The molecule has 31 heavy (non-hydrogen) atoms. The van der Waals surface area contributed by atoms with Crippen LogP contribution < -0.4 is 15.4 Å². The lowest BCUT2D eigenvalue weighted by Gasteiger charge is -2.27. The lowest BCUT2D eigenvalue weighted by Crippen LogP contribution is -2.38. The Morgan fingerprint density at radius 2 is 1.52 bits per heavy atom. The van der Waals surface area contributed by atoms with E-state index in [1.54, 1.807) is 7.05 Å². The second-order valence-electron chi connectivity index (χ2n) is 8.76. The van der Waals surface area contributed by atoms with Crippen LogP contribution in [0, 0.1) is 0 Å². The summed E-state index contributed by atoms with van der Waals surface area (Å²) < 4.78 is 11.6. The van der Waals surface area contributed by atoms with Crippen LogP contribution in [0.4, 0.5) is 0 Å². The van der Waals surface area contributed by atoms with Crippen molar-refractivity contribution in [2.75, 3.05) is 33.4 Å². The average Bonchev–Trinajstić information content (AvgIpc) is 2.75. The van der Waals surface area contributed by atoms with Crippen LogP contribution in [-0.4, -0.2) is 49.8 Å². The van der Waals surface area contributed by atoms with E-state index in [0.717, 1.165) is 56.7 Å². The van der Waals surface area contributed by atoms with Crippen molar-refractivity contribution in [3.05, 3.63) is 65.2 Å². The van der Waals surface area contributed by atoms with E-state index in [9.17, 15) is 0 Å². The summed E-state index contributed by atoms with van der Waals surface area (Å²) in [5, 5.41) is 6.87. The van der Waals surface area contributed by atoms with Gasteiger partial charge in [0.2, 0.25) is 0 Å². The first-order valence-corrected chi connectivity index (χ1v) is 11.0. The highest BCUT2D eigenvalue weighted by Crippen LogP contribution is 2.22. The normalized spacial score (nSPS) is 15.5. The first-order chi connectivity index (χ1) is 14.9. The highest BCUT2D eigenvalue weighted by atomic mass is 16.5. The molecule has 2 aromatic rings. The molecule has 0 unspecified atom stereocenters. The van der Waals surface area contributed by atoms with E-state index in [1.165, 1.54) is 11.1 Å². The van der Waals surface area contributed by atoms with Crippen molar-refractivity contribution >= 4 is 5.96 Å². The van der Waals surface area contributed by atoms with Gasteiger partial charge in [0.05, 0.1) is 13.2 Å². The van der Waals surface area contributed by atoms with Crippen LogP contribution in [0.1, 0.15) is 37.5 Å². The molecule has 1 heterocycles. The summed E-state index contributed by atoms with van der Waals surface area (Å²) in [6.07, 6.45) is 0. The van der Waals surface area contributed by atoms with Crippen LogP contribution in [-0.2, 0) is 24.4 Å². The third-order valence-corrected chi connectivity index (χ3v) is 5.12. The molecule has 0 atom stereocenters. The van der Waals surface area contributed by atoms with Crippen LogP contribution in [0.5, 0.6) is 5.75 Å². The fourth-order valence-corrected chi connectivity index (χ4v) is 3.54. The molecule has 0 saturated carbocycles. The Bertz CT molecular complexity index is 855. The summed E-state index contributed by atoms with van der Waals surface area (Å²) in [7, 11) is 1.80. The maximum absolute atomic E-state index is 6.10. The standard InChI is InChI=1S/C25H36N4O2/c1-25(2,3)31-23-12-8-7-10-21(23)18-28-24(26-4)27-17-20-9-5-6-11-22(20)19-29-13-15-30-16-14-29/h5-12H,13-19H2,1-4H3,(H2,26,27,28). The van der Waals surface area contributed by atoms with Crippen LogP contribution in [0.2, 0.25) is 0 Å². The van der Waals surface area contributed by atoms with E-state index < -0.39 is 0 Å². The third kappa shape index (κ3) is 7.56. The summed E-state index contributed by atoms with van der Waals surface area (Å²) in [6, 6.07) is 16.7. The van der Waals surface area contributed by atoms with Gasteiger partial charge >= 0.3 is 0 Å². The Labute approximate surface area is 186 Å². The number of para-hydroxylation sites is 1. The maximum atomic E-state index is 6.10. The summed E-state index contributed by atoms with van der Waals surface area (Å²) in [5.74, 6) is 1.67. The van der Waals surface area contributed by atoms with E-state index in [1.807, 2.05) is 18.2 Å². The van der Waals surface area contributed by atoms with E-state index in [-0.39, 0.29) is 5.60 Å². The van der Waals surface area contributed by atoms with Crippen LogP contribution in [0.15, 0.2) is 53.5 Å². The molecule has 168 valence electrons. The predicted molar refractivity (Wildman–Crippen MR) is 126 cm³/mol. The number of hydrogen-bond acceptors (Lipinski definition) is 4. The zero-order chi connectivity index (χ0) is 22.1. The first kappa shape index (κ1) is 23.1. The molecule has 6 heteroatoms. The van der Waals surface area contributed by atoms with Gasteiger partial charge in [-0.15, -0.1) is 0 Å². The van der Waals surface area contributed by atoms with Crippen LogP contribution >= 0.6 is 0 Å². The molecule has 1 saturated heterocycles. The number of benzene rings is 2. The van der Waals surface area contributed by atoms with Crippen molar-refractivity contribution in [3.63, 3.8) is 0 Å². The number of rotatable bonds is 7. The van der Waals surface area contributed by atoms with Gasteiger partial charge in [0.15, 0.2) is 5.96 Å². The lowest BCUT2D eigenvalue weighted by atomic mass is 10.1. The lowest BCUT2D eigenvalue weighted by molar-refractivity contribution is 0.0341. The van der Waals surface area contributed by atoms with Crippen molar-refractivity contribution < 1.29 is 9.47 Å². The molecule has 0 aliphatic carbocycles. The minimum atomic E-state index is -0.236. The molecule has 2 N–H and O–H groups in total. The van der Waals surface area contributed by atoms with Gasteiger partial charge in [-0.3, -0.25) is 9.89 Å². The fourth-order valence-electron chi connectivity index (χ4n) is 3.54. The van der Waals surface area contributed by atoms with Crippen molar-refractivity contribution in [1.29, 1.82) is 0 Å². The van der Waals surface area contributed by atoms with Crippen molar-refractivity contribution in [1.82, 2.24) is 15.5 Å². The third-order valence-electron chi connectivity index (χ3n) is 5.12. The highest BCUT2D eigenvalue weighted by molar-refractivity contribution is 5.79. The Hall–Kier alpha value is -2.57. The van der Waals surface area contributed by atoms with Gasteiger partial charge in [0.25, 0.3) is 0 Å². The molecular formula is C25H36N4O2. The summed E-state index contributed by atoms with van der Waals surface area (Å²) in [6.45, 7) is 12.1. The summed E-state index contributed by atoms with van der Waals surface area (Å²) >= 11 is 0. The minimum absolute atomic E-state index is 0.236. The molecule has 0 amide bonds. The molecule has 0 bridgehead atoms. The van der Waals surface area contributed by atoms with E-state index in [0.29, 0.717) is 6.54 Å². The molecule has 0 radical (unpaired) electrons. The van der Waals surface area contributed by atoms with E-state index in [4.69, 9.17) is 9.47 Å². The molecular weight excluding hydrogens is 388 g/mol.